The van der Waals surface area contributed by atoms with Crippen LogP contribution in [-0.4, -0.2) is 25.2 Å². The number of hydrogen-bond donors (Lipinski definition) is 1. The Bertz CT molecular complexity index is 1060. The first-order valence-electron chi connectivity index (χ1n) is 9.76. The highest BCUT2D eigenvalue weighted by atomic mass is 16.5. The Morgan fingerprint density at radius 3 is 2.61 bits per heavy atom. The van der Waals surface area contributed by atoms with Gasteiger partial charge in [0.2, 0.25) is 11.8 Å². The van der Waals surface area contributed by atoms with Crippen molar-refractivity contribution >= 4 is 16.9 Å². The Morgan fingerprint density at radius 1 is 1.21 bits per heavy atom. The van der Waals surface area contributed by atoms with Gasteiger partial charge in [0, 0.05) is 26.9 Å². The Kier molecular flexibility index (Phi) is 4.78. The van der Waals surface area contributed by atoms with E-state index in [-0.39, 0.29) is 18.0 Å². The Balaban J connectivity index is 1.52. The molecule has 148 valence electrons. The SMILES string of the molecule is Cc1nc(C2(NC(=O)CCn3c(=O)n(C)c4ccccc43)CCCCC2)no1. The third-order valence-electron chi connectivity index (χ3n) is 5.66. The molecule has 8 heteroatoms. The lowest BCUT2D eigenvalue weighted by Crippen LogP contribution is -2.48. The number of carbonyl (C=O) groups excluding carboxylic acids is 1. The molecule has 1 N–H and O–H groups in total. The summed E-state index contributed by atoms with van der Waals surface area (Å²) >= 11 is 0. The smallest absolute Gasteiger partial charge is 0.328 e. The zero-order valence-electron chi connectivity index (χ0n) is 16.3. The molecule has 0 spiro atoms. The third-order valence-corrected chi connectivity index (χ3v) is 5.66. The lowest BCUT2D eigenvalue weighted by atomic mass is 9.81. The Morgan fingerprint density at radius 2 is 1.93 bits per heavy atom. The van der Waals surface area contributed by atoms with Crippen molar-refractivity contribution in [1.29, 1.82) is 0 Å². The summed E-state index contributed by atoms with van der Waals surface area (Å²) in [5.74, 6) is 0.945. The van der Waals surface area contributed by atoms with E-state index in [9.17, 15) is 9.59 Å². The largest absolute Gasteiger partial charge is 0.343 e. The molecule has 0 aliphatic heterocycles. The first kappa shape index (κ1) is 18.5. The van der Waals surface area contributed by atoms with E-state index in [1.807, 2.05) is 24.3 Å². The molecule has 0 bridgehead atoms. The normalized spacial score (nSPS) is 16.4. The predicted molar refractivity (Wildman–Crippen MR) is 104 cm³/mol. The van der Waals surface area contributed by atoms with Gasteiger partial charge in [0.05, 0.1) is 11.0 Å². The summed E-state index contributed by atoms with van der Waals surface area (Å²) in [6.45, 7) is 2.08. The minimum absolute atomic E-state index is 0.107. The Hall–Kier alpha value is -2.90. The molecule has 1 saturated carbocycles. The van der Waals surface area contributed by atoms with Crippen LogP contribution >= 0.6 is 0 Å². The van der Waals surface area contributed by atoms with E-state index in [2.05, 4.69) is 15.5 Å². The summed E-state index contributed by atoms with van der Waals surface area (Å²) in [6, 6.07) is 7.61. The Labute approximate surface area is 162 Å². The number of carbonyl (C=O) groups is 1. The molecule has 1 aliphatic carbocycles. The van der Waals surface area contributed by atoms with E-state index in [4.69, 9.17) is 4.52 Å². The van der Waals surface area contributed by atoms with Gasteiger partial charge < -0.3 is 9.84 Å². The number of aryl methyl sites for hydroxylation is 3. The first-order valence-corrected chi connectivity index (χ1v) is 9.76. The number of benzene rings is 1. The molecule has 1 fully saturated rings. The third kappa shape index (κ3) is 3.23. The quantitative estimate of drug-likeness (QED) is 0.730. The minimum atomic E-state index is -0.573. The maximum atomic E-state index is 12.8. The van der Waals surface area contributed by atoms with Crippen molar-refractivity contribution < 1.29 is 9.32 Å². The van der Waals surface area contributed by atoms with Crippen LogP contribution in [0.25, 0.3) is 11.0 Å². The van der Waals surface area contributed by atoms with Crippen LogP contribution in [0.5, 0.6) is 0 Å². The van der Waals surface area contributed by atoms with Gasteiger partial charge in [0.15, 0.2) is 5.82 Å². The molecule has 0 saturated heterocycles. The number of imidazole rings is 1. The standard InChI is InChI=1S/C20H25N5O3/c1-14-21-18(23-28-14)20(11-6-3-7-12-20)22-17(26)10-13-25-16-9-5-4-8-15(16)24(2)19(25)27/h4-5,8-9H,3,6-7,10-13H2,1-2H3,(H,22,26). The van der Waals surface area contributed by atoms with Gasteiger partial charge in [-0.05, 0) is 25.0 Å². The molecule has 0 atom stereocenters. The molecule has 8 nitrogen and oxygen atoms in total. The summed E-state index contributed by atoms with van der Waals surface area (Å²) in [5.41, 5.74) is 1.01. The van der Waals surface area contributed by atoms with Crippen LogP contribution in [0.2, 0.25) is 0 Å². The van der Waals surface area contributed by atoms with E-state index in [0.29, 0.717) is 18.3 Å². The molecule has 1 amide bonds. The van der Waals surface area contributed by atoms with Crippen LogP contribution in [0.4, 0.5) is 0 Å². The van der Waals surface area contributed by atoms with Gasteiger partial charge in [0.1, 0.15) is 5.54 Å². The highest BCUT2D eigenvalue weighted by molar-refractivity contribution is 5.78. The van der Waals surface area contributed by atoms with E-state index < -0.39 is 5.54 Å². The molecule has 2 aromatic heterocycles. The van der Waals surface area contributed by atoms with Crippen molar-refractivity contribution in [3.05, 3.63) is 46.5 Å². The van der Waals surface area contributed by atoms with Gasteiger partial charge >= 0.3 is 5.69 Å². The van der Waals surface area contributed by atoms with Crippen LogP contribution in [0.3, 0.4) is 0 Å². The monoisotopic (exact) mass is 383 g/mol. The topological polar surface area (TPSA) is 95.0 Å². The molecule has 2 heterocycles. The van der Waals surface area contributed by atoms with Crippen molar-refractivity contribution in [2.24, 2.45) is 7.05 Å². The molecule has 4 rings (SSSR count). The number of nitrogens with zero attached hydrogens (tertiary/aromatic N) is 4. The number of fused-ring (bicyclic) bond motifs is 1. The average Bonchev–Trinajstić information content (AvgIpc) is 3.24. The van der Waals surface area contributed by atoms with E-state index in [0.717, 1.165) is 43.1 Å². The number of amides is 1. The van der Waals surface area contributed by atoms with Crippen molar-refractivity contribution in [1.82, 2.24) is 24.6 Å². The zero-order valence-corrected chi connectivity index (χ0v) is 16.3. The molecule has 28 heavy (non-hydrogen) atoms. The molecule has 3 aromatic rings. The van der Waals surface area contributed by atoms with Crippen molar-refractivity contribution in [3.8, 4) is 0 Å². The van der Waals surface area contributed by atoms with E-state index >= 15 is 0 Å². The lowest BCUT2D eigenvalue weighted by molar-refractivity contribution is -0.124. The van der Waals surface area contributed by atoms with Gasteiger partial charge in [-0.25, -0.2) is 4.79 Å². The average molecular weight is 383 g/mol. The number of rotatable bonds is 5. The fraction of sp³-hybridized carbons (Fsp3) is 0.500. The number of aromatic nitrogens is 4. The molecule has 0 unspecified atom stereocenters. The maximum absolute atomic E-state index is 12.8. The summed E-state index contributed by atoms with van der Waals surface area (Å²) in [7, 11) is 1.75. The lowest BCUT2D eigenvalue weighted by Gasteiger charge is -2.35. The van der Waals surface area contributed by atoms with Crippen LogP contribution in [-0.2, 0) is 23.9 Å². The number of nitrogens with one attached hydrogen (secondary N) is 1. The molecule has 0 radical (unpaired) electrons. The second kappa shape index (κ2) is 7.26. The molecular formula is C20H25N5O3. The second-order valence-corrected chi connectivity index (χ2v) is 7.56. The molecule has 1 aliphatic rings. The summed E-state index contributed by atoms with van der Waals surface area (Å²) in [5, 5.41) is 7.24. The number of hydrogen-bond acceptors (Lipinski definition) is 5. The van der Waals surface area contributed by atoms with Gasteiger partial charge in [-0.2, -0.15) is 4.98 Å². The van der Waals surface area contributed by atoms with Gasteiger partial charge in [-0.15, -0.1) is 0 Å². The van der Waals surface area contributed by atoms with E-state index in [1.54, 1.807) is 23.1 Å². The highest BCUT2D eigenvalue weighted by Gasteiger charge is 2.39. The van der Waals surface area contributed by atoms with Crippen molar-refractivity contribution in [2.45, 2.75) is 57.5 Å². The summed E-state index contributed by atoms with van der Waals surface area (Å²) in [6.07, 6.45) is 4.97. The van der Waals surface area contributed by atoms with Crippen LogP contribution < -0.4 is 11.0 Å². The van der Waals surface area contributed by atoms with Crippen LogP contribution in [0.15, 0.2) is 33.6 Å². The van der Waals surface area contributed by atoms with Gasteiger partial charge in [-0.1, -0.05) is 36.6 Å². The second-order valence-electron chi connectivity index (χ2n) is 7.56. The molecule has 1 aromatic carbocycles. The number of para-hydroxylation sites is 2. The van der Waals surface area contributed by atoms with Crippen LogP contribution in [0.1, 0.15) is 50.2 Å². The zero-order chi connectivity index (χ0) is 19.7. The van der Waals surface area contributed by atoms with Crippen molar-refractivity contribution in [2.75, 3.05) is 0 Å². The highest BCUT2D eigenvalue weighted by Crippen LogP contribution is 2.35. The summed E-state index contributed by atoms with van der Waals surface area (Å²) in [4.78, 5) is 29.7. The van der Waals surface area contributed by atoms with Crippen LogP contribution in [0, 0.1) is 6.92 Å². The minimum Gasteiger partial charge on any atom is -0.343 e. The summed E-state index contributed by atoms with van der Waals surface area (Å²) < 4.78 is 8.42. The first-order chi connectivity index (χ1) is 13.5. The van der Waals surface area contributed by atoms with Gasteiger partial charge in [-0.3, -0.25) is 13.9 Å². The fourth-order valence-corrected chi connectivity index (χ4v) is 4.18. The fourth-order valence-electron chi connectivity index (χ4n) is 4.18. The maximum Gasteiger partial charge on any atom is 0.328 e. The predicted octanol–water partition coefficient (Wildman–Crippen LogP) is 2.40. The molecular weight excluding hydrogens is 358 g/mol. The van der Waals surface area contributed by atoms with E-state index in [1.165, 1.54) is 0 Å². The van der Waals surface area contributed by atoms with Gasteiger partial charge in [0.25, 0.3) is 0 Å². The van der Waals surface area contributed by atoms with Crippen molar-refractivity contribution in [3.63, 3.8) is 0 Å².